The van der Waals surface area contributed by atoms with Crippen molar-refractivity contribution in [3.05, 3.63) is 40.2 Å². The summed E-state index contributed by atoms with van der Waals surface area (Å²) in [6.45, 7) is 3.14. The van der Waals surface area contributed by atoms with E-state index in [0.29, 0.717) is 25.3 Å². The first-order valence-corrected chi connectivity index (χ1v) is 7.64. The Kier molecular flexibility index (Phi) is 5.62. The van der Waals surface area contributed by atoms with Gasteiger partial charge in [-0.3, -0.25) is 4.79 Å². The molecule has 0 bridgehead atoms. The van der Waals surface area contributed by atoms with Crippen LogP contribution in [-0.4, -0.2) is 29.0 Å². The van der Waals surface area contributed by atoms with Crippen molar-refractivity contribution in [3.8, 4) is 0 Å². The van der Waals surface area contributed by atoms with Gasteiger partial charge in [0.05, 0.1) is 16.8 Å². The van der Waals surface area contributed by atoms with Crippen LogP contribution in [0.4, 0.5) is 10.2 Å². The SMILES string of the molecule is CCCNc1ncc(F)cc1C(=O)NCCc1nccs1. The summed E-state index contributed by atoms with van der Waals surface area (Å²) in [4.78, 5) is 20.2. The van der Waals surface area contributed by atoms with Crippen molar-refractivity contribution in [2.24, 2.45) is 0 Å². The van der Waals surface area contributed by atoms with Crippen LogP contribution in [0.5, 0.6) is 0 Å². The lowest BCUT2D eigenvalue weighted by Gasteiger charge is -2.10. The van der Waals surface area contributed by atoms with Crippen LogP contribution in [0.25, 0.3) is 0 Å². The fourth-order valence-corrected chi connectivity index (χ4v) is 2.37. The predicted molar refractivity (Wildman–Crippen MR) is 81.1 cm³/mol. The standard InChI is InChI=1S/C14H17FN4OS/c1-2-4-17-13-11(8-10(15)9-19-13)14(20)18-5-3-12-16-6-7-21-12/h6-9H,2-5H2,1H3,(H,17,19)(H,18,20). The fourth-order valence-electron chi connectivity index (χ4n) is 1.75. The van der Waals surface area contributed by atoms with Crippen LogP contribution in [0.15, 0.2) is 23.8 Å². The van der Waals surface area contributed by atoms with Crippen LogP contribution >= 0.6 is 11.3 Å². The highest BCUT2D eigenvalue weighted by molar-refractivity contribution is 7.09. The Morgan fingerprint density at radius 3 is 2.95 bits per heavy atom. The molecule has 112 valence electrons. The maximum absolute atomic E-state index is 13.3. The van der Waals surface area contributed by atoms with E-state index in [4.69, 9.17) is 0 Å². The smallest absolute Gasteiger partial charge is 0.255 e. The van der Waals surface area contributed by atoms with Gasteiger partial charge in [0.1, 0.15) is 11.6 Å². The van der Waals surface area contributed by atoms with Gasteiger partial charge in [0.2, 0.25) is 0 Å². The van der Waals surface area contributed by atoms with Gasteiger partial charge in [-0.2, -0.15) is 0 Å². The largest absolute Gasteiger partial charge is 0.369 e. The summed E-state index contributed by atoms with van der Waals surface area (Å²) in [5.74, 6) is -0.454. The highest BCUT2D eigenvalue weighted by atomic mass is 32.1. The molecule has 0 atom stereocenters. The molecule has 0 unspecified atom stereocenters. The van der Waals surface area contributed by atoms with E-state index in [1.54, 1.807) is 6.20 Å². The number of aromatic nitrogens is 2. The third kappa shape index (κ3) is 4.49. The third-order valence-corrected chi connectivity index (χ3v) is 3.59. The number of rotatable bonds is 7. The highest BCUT2D eigenvalue weighted by Gasteiger charge is 2.13. The lowest BCUT2D eigenvalue weighted by molar-refractivity contribution is 0.0954. The lowest BCUT2D eigenvalue weighted by atomic mass is 10.2. The van der Waals surface area contributed by atoms with Crippen molar-refractivity contribution >= 4 is 23.1 Å². The number of hydrogen-bond acceptors (Lipinski definition) is 5. The molecule has 2 aromatic rings. The number of nitrogens with zero attached hydrogens (tertiary/aromatic N) is 2. The second-order valence-electron chi connectivity index (χ2n) is 4.41. The molecule has 0 aliphatic rings. The minimum Gasteiger partial charge on any atom is -0.369 e. The molecule has 0 aromatic carbocycles. The van der Waals surface area contributed by atoms with E-state index in [0.717, 1.165) is 17.6 Å². The molecule has 0 saturated carbocycles. The van der Waals surface area contributed by atoms with E-state index in [1.807, 2.05) is 12.3 Å². The molecule has 0 radical (unpaired) electrons. The first-order valence-electron chi connectivity index (χ1n) is 6.76. The van der Waals surface area contributed by atoms with Crippen LogP contribution in [0, 0.1) is 5.82 Å². The van der Waals surface area contributed by atoms with Crippen LogP contribution in [0.2, 0.25) is 0 Å². The Bertz CT molecular complexity index is 589. The average Bonchev–Trinajstić information content (AvgIpc) is 2.99. The number of nitrogens with one attached hydrogen (secondary N) is 2. The first-order chi connectivity index (χ1) is 10.2. The van der Waals surface area contributed by atoms with Gasteiger partial charge < -0.3 is 10.6 Å². The van der Waals surface area contributed by atoms with Gasteiger partial charge in [-0.25, -0.2) is 14.4 Å². The van der Waals surface area contributed by atoms with Gasteiger partial charge in [-0.15, -0.1) is 11.3 Å². The molecule has 0 fully saturated rings. The van der Waals surface area contributed by atoms with Crippen molar-refractivity contribution in [2.75, 3.05) is 18.4 Å². The monoisotopic (exact) mass is 308 g/mol. The van der Waals surface area contributed by atoms with Crippen molar-refractivity contribution < 1.29 is 9.18 Å². The quantitative estimate of drug-likeness (QED) is 0.824. The lowest BCUT2D eigenvalue weighted by Crippen LogP contribution is -2.27. The van der Waals surface area contributed by atoms with Crippen LogP contribution < -0.4 is 10.6 Å². The van der Waals surface area contributed by atoms with Crippen molar-refractivity contribution in [1.29, 1.82) is 0 Å². The van der Waals surface area contributed by atoms with Gasteiger partial charge in [0, 0.05) is 31.1 Å². The van der Waals surface area contributed by atoms with E-state index in [1.165, 1.54) is 17.4 Å². The summed E-state index contributed by atoms with van der Waals surface area (Å²) < 4.78 is 13.3. The normalized spacial score (nSPS) is 10.4. The molecule has 2 aromatic heterocycles. The molecule has 2 N–H and O–H groups in total. The summed E-state index contributed by atoms with van der Waals surface area (Å²) in [5.41, 5.74) is 0.225. The number of carbonyl (C=O) groups is 1. The number of hydrogen-bond donors (Lipinski definition) is 2. The molecule has 1 amide bonds. The number of thiazole rings is 1. The molecule has 0 spiro atoms. The van der Waals surface area contributed by atoms with E-state index >= 15 is 0 Å². The minimum atomic E-state index is -0.526. The number of anilines is 1. The van der Waals surface area contributed by atoms with Crippen molar-refractivity contribution in [2.45, 2.75) is 19.8 Å². The maximum atomic E-state index is 13.3. The Morgan fingerprint density at radius 2 is 2.24 bits per heavy atom. The van der Waals surface area contributed by atoms with Gasteiger partial charge in [0.15, 0.2) is 0 Å². The predicted octanol–water partition coefficient (Wildman–Crippen LogP) is 2.47. The Hall–Kier alpha value is -2.02. The molecule has 2 rings (SSSR count). The summed E-state index contributed by atoms with van der Waals surface area (Å²) in [6.07, 6.45) is 4.38. The fraction of sp³-hybridized carbons (Fsp3) is 0.357. The molecule has 5 nitrogen and oxygen atoms in total. The van der Waals surface area contributed by atoms with E-state index in [-0.39, 0.29) is 11.5 Å². The third-order valence-electron chi connectivity index (χ3n) is 2.75. The molecular weight excluding hydrogens is 291 g/mol. The van der Waals surface area contributed by atoms with Gasteiger partial charge in [-0.05, 0) is 12.5 Å². The zero-order valence-electron chi connectivity index (χ0n) is 11.7. The highest BCUT2D eigenvalue weighted by Crippen LogP contribution is 2.13. The van der Waals surface area contributed by atoms with Crippen LogP contribution in [0.3, 0.4) is 0 Å². The summed E-state index contributed by atoms with van der Waals surface area (Å²) in [7, 11) is 0. The Balaban J connectivity index is 1.98. The van der Waals surface area contributed by atoms with E-state index in [2.05, 4.69) is 20.6 Å². The molecular formula is C14H17FN4OS. The molecule has 0 aliphatic heterocycles. The number of amides is 1. The minimum absolute atomic E-state index is 0.225. The molecule has 0 saturated heterocycles. The van der Waals surface area contributed by atoms with Crippen molar-refractivity contribution in [3.63, 3.8) is 0 Å². The number of halogens is 1. The Morgan fingerprint density at radius 1 is 1.38 bits per heavy atom. The van der Waals surface area contributed by atoms with Gasteiger partial charge in [-0.1, -0.05) is 6.92 Å². The summed E-state index contributed by atoms with van der Waals surface area (Å²) in [6, 6.07) is 1.20. The molecule has 21 heavy (non-hydrogen) atoms. The van der Waals surface area contributed by atoms with Gasteiger partial charge in [0.25, 0.3) is 5.91 Å². The molecule has 2 heterocycles. The zero-order valence-corrected chi connectivity index (χ0v) is 12.5. The second-order valence-corrected chi connectivity index (χ2v) is 5.39. The van der Waals surface area contributed by atoms with E-state index < -0.39 is 5.82 Å². The summed E-state index contributed by atoms with van der Waals surface area (Å²) in [5, 5.41) is 8.63. The van der Waals surface area contributed by atoms with E-state index in [9.17, 15) is 9.18 Å². The van der Waals surface area contributed by atoms with Crippen LogP contribution in [0.1, 0.15) is 28.7 Å². The zero-order chi connectivity index (χ0) is 15.1. The first kappa shape index (κ1) is 15.4. The molecule has 7 heteroatoms. The number of carbonyl (C=O) groups excluding carboxylic acids is 1. The molecule has 0 aliphatic carbocycles. The van der Waals surface area contributed by atoms with Gasteiger partial charge >= 0.3 is 0 Å². The topological polar surface area (TPSA) is 66.9 Å². The van der Waals surface area contributed by atoms with Crippen LogP contribution in [-0.2, 0) is 6.42 Å². The Labute approximate surface area is 126 Å². The second kappa shape index (κ2) is 7.68. The average molecular weight is 308 g/mol. The summed E-state index contributed by atoms with van der Waals surface area (Å²) >= 11 is 1.54. The van der Waals surface area contributed by atoms with Crippen molar-refractivity contribution in [1.82, 2.24) is 15.3 Å². The number of pyridine rings is 1. The maximum Gasteiger partial charge on any atom is 0.255 e.